The Labute approximate surface area is 226 Å². The summed E-state index contributed by atoms with van der Waals surface area (Å²) in [5, 5.41) is 9.86. The van der Waals surface area contributed by atoms with Crippen molar-refractivity contribution in [2.45, 2.75) is 43.5 Å². The van der Waals surface area contributed by atoms with Crippen LogP contribution in [0.1, 0.15) is 30.9 Å². The monoisotopic (exact) mass is 551 g/mol. The van der Waals surface area contributed by atoms with Crippen molar-refractivity contribution in [1.82, 2.24) is 30.0 Å². The molecule has 5 rings (SSSR count). The van der Waals surface area contributed by atoms with Crippen molar-refractivity contribution >= 4 is 38.0 Å². The molecule has 0 aliphatic carbocycles. The Balaban J connectivity index is 1.41. The molecule has 1 amide bonds. The van der Waals surface area contributed by atoms with Gasteiger partial charge in [-0.1, -0.05) is 24.6 Å². The maximum absolute atomic E-state index is 13.5. The predicted molar refractivity (Wildman–Crippen MR) is 149 cm³/mol. The van der Waals surface area contributed by atoms with Crippen molar-refractivity contribution in [3.8, 4) is 0 Å². The molecule has 12 heteroatoms. The van der Waals surface area contributed by atoms with E-state index in [1.165, 1.54) is 4.52 Å². The maximum atomic E-state index is 13.5. The molecular weight excluding hydrogens is 518 g/mol. The Hall–Kier alpha value is -3.77. The third-order valence-electron chi connectivity index (χ3n) is 7.15. The molecule has 2 N–H and O–H groups in total. The molecule has 4 aromatic rings. The van der Waals surface area contributed by atoms with Crippen molar-refractivity contribution < 1.29 is 13.2 Å². The Morgan fingerprint density at radius 2 is 1.85 bits per heavy atom. The average Bonchev–Trinajstić information content (AvgIpc) is 3.35. The van der Waals surface area contributed by atoms with Gasteiger partial charge in [-0.2, -0.15) is 4.98 Å². The first-order chi connectivity index (χ1) is 18.7. The van der Waals surface area contributed by atoms with Crippen LogP contribution >= 0.6 is 0 Å². The van der Waals surface area contributed by atoms with Crippen LogP contribution in [0.5, 0.6) is 0 Å². The summed E-state index contributed by atoms with van der Waals surface area (Å²) >= 11 is 0. The van der Waals surface area contributed by atoms with E-state index in [4.69, 9.17) is 0 Å². The number of carbonyl (C=O) groups is 1. The van der Waals surface area contributed by atoms with E-state index < -0.39 is 15.4 Å². The molecule has 1 fully saturated rings. The fourth-order valence-corrected chi connectivity index (χ4v) is 6.50. The molecule has 1 aliphatic rings. The molecule has 206 valence electrons. The van der Waals surface area contributed by atoms with Crippen LogP contribution < -0.4 is 15.8 Å². The van der Waals surface area contributed by atoms with Crippen LogP contribution in [-0.4, -0.2) is 78.3 Å². The summed E-state index contributed by atoms with van der Waals surface area (Å²) in [6.45, 7) is 10.2. The minimum absolute atomic E-state index is 0.0317. The summed E-state index contributed by atoms with van der Waals surface area (Å²) in [6, 6.07) is 10.6. The highest BCUT2D eigenvalue weighted by Crippen LogP contribution is 2.27. The molecule has 1 saturated heterocycles. The normalized spacial score (nSPS) is 14.8. The second-order valence-electron chi connectivity index (χ2n) is 10.00. The second kappa shape index (κ2) is 10.8. The first-order valence-corrected chi connectivity index (χ1v) is 14.6. The molecule has 2 aromatic carbocycles. The fraction of sp³-hybridized carbons (Fsp3) is 0.407. The van der Waals surface area contributed by atoms with Crippen molar-refractivity contribution in [1.29, 1.82) is 0 Å². The third-order valence-corrected chi connectivity index (χ3v) is 8.97. The molecule has 0 spiro atoms. The maximum Gasteiger partial charge on any atom is 0.281 e. The SMILES string of the molecule is CCCNC(=O)CCN1CCN(c2ccc3c(=O)nc4c(S(=O)(=O)c5ccc(C)cc5C)n[nH]n4c3c2)CC1. The molecule has 0 bridgehead atoms. The molecule has 0 radical (unpaired) electrons. The smallest absolute Gasteiger partial charge is 0.281 e. The van der Waals surface area contributed by atoms with Crippen molar-refractivity contribution in [3.63, 3.8) is 0 Å². The number of sulfone groups is 1. The van der Waals surface area contributed by atoms with Crippen LogP contribution in [0.15, 0.2) is 51.1 Å². The van der Waals surface area contributed by atoms with Gasteiger partial charge in [-0.15, -0.1) is 5.10 Å². The Morgan fingerprint density at radius 1 is 1.08 bits per heavy atom. The number of aryl methyl sites for hydroxylation is 2. The number of anilines is 1. The van der Waals surface area contributed by atoms with E-state index in [-0.39, 0.29) is 21.5 Å². The first kappa shape index (κ1) is 26.8. The van der Waals surface area contributed by atoms with Crippen LogP contribution in [0.3, 0.4) is 0 Å². The number of hydrogen-bond donors (Lipinski definition) is 2. The Bertz CT molecular complexity index is 1700. The van der Waals surface area contributed by atoms with Crippen LogP contribution in [0, 0.1) is 13.8 Å². The van der Waals surface area contributed by atoms with Crippen LogP contribution in [0.25, 0.3) is 16.6 Å². The zero-order valence-corrected chi connectivity index (χ0v) is 23.2. The van der Waals surface area contributed by atoms with Gasteiger partial charge in [0.05, 0.1) is 15.8 Å². The van der Waals surface area contributed by atoms with E-state index in [2.05, 4.69) is 30.4 Å². The first-order valence-electron chi connectivity index (χ1n) is 13.2. The van der Waals surface area contributed by atoms with E-state index in [0.29, 0.717) is 36.0 Å². The van der Waals surface area contributed by atoms with Gasteiger partial charge in [0, 0.05) is 51.4 Å². The van der Waals surface area contributed by atoms with Crippen molar-refractivity contribution in [2.24, 2.45) is 0 Å². The topological polar surface area (TPSA) is 133 Å². The van der Waals surface area contributed by atoms with Gasteiger partial charge in [-0.05, 0) is 50.1 Å². The number of carbonyl (C=O) groups excluding carboxylic acids is 1. The number of amides is 1. The van der Waals surface area contributed by atoms with Gasteiger partial charge in [0.15, 0.2) is 5.65 Å². The summed E-state index contributed by atoms with van der Waals surface area (Å²) in [5.41, 5.74) is 2.42. The molecule has 0 unspecified atom stereocenters. The molecule has 0 saturated carbocycles. The van der Waals surface area contributed by atoms with Gasteiger partial charge >= 0.3 is 0 Å². The van der Waals surface area contributed by atoms with Gasteiger partial charge in [0.25, 0.3) is 5.56 Å². The minimum atomic E-state index is -4.02. The number of nitrogens with one attached hydrogen (secondary N) is 2. The highest BCUT2D eigenvalue weighted by Gasteiger charge is 2.28. The number of nitrogens with zero attached hydrogens (tertiary/aromatic N) is 5. The highest BCUT2D eigenvalue weighted by molar-refractivity contribution is 7.91. The van der Waals surface area contributed by atoms with Crippen LogP contribution in [-0.2, 0) is 14.6 Å². The Morgan fingerprint density at radius 3 is 2.56 bits per heavy atom. The standard InChI is InChI=1S/C27H33N7O4S/c1-4-10-28-24(35)9-11-32-12-14-33(15-13-32)20-6-7-21-22(17-20)34-25(29-26(21)36)27(30-31-34)39(37,38)23-8-5-18(2)16-19(23)3/h5-8,16-17,31H,4,9-15H2,1-3H3,(H,28,35). The number of aromatic nitrogens is 4. The lowest BCUT2D eigenvalue weighted by molar-refractivity contribution is -0.121. The molecule has 3 heterocycles. The number of fused-ring (bicyclic) bond motifs is 3. The lowest BCUT2D eigenvalue weighted by Gasteiger charge is -2.36. The summed E-state index contributed by atoms with van der Waals surface area (Å²) < 4.78 is 28.5. The van der Waals surface area contributed by atoms with Crippen LogP contribution in [0.2, 0.25) is 0 Å². The number of piperazine rings is 1. The van der Waals surface area contributed by atoms with Crippen LogP contribution in [0.4, 0.5) is 5.69 Å². The quantitative estimate of drug-likeness (QED) is 0.340. The van der Waals surface area contributed by atoms with E-state index in [0.717, 1.165) is 43.9 Å². The average molecular weight is 552 g/mol. The molecule has 2 aromatic heterocycles. The third kappa shape index (κ3) is 5.26. The van der Waals surface area contributed by atoms with Crippen molar-refractivity contribution in [2.75, 3.05) is 44.2 Å². The molecule has 1 aliphatic heterocycles. The lowest BCUT2D eigenvalue weighted by Crippen LogP contribution is -2.47. The number of benzene rings is 2. The van der Waals surface area contributed by atoms with Gasteiger partial charge < -0.3 is 10.2 Å². The summed E-state index contributed by atoms with van der Waals surface area (Å²) in [7, 11) is -4.02. The zero-order valence-electron chi connectivity index (χ0n) is 22.4. The molecule has 0 atom stereocenters. The summed E-state index contributed by atoms with van der Waals surface area (Å²) in [6.07, 6.45) is 1.41. The second-order valence-corrected chi connectivity index (χ2v) is 11.8. The summed E-state index contributed by atoms with van der Waals surface area (Å²) in [5.74, 6) is 0.0790. The van der Waals surface area contributed by atoms with E-state index >= 15 is 0 Å². The number of rotatable bonds is 8. The predicted octanol–water partition coefficient (Wildman–Crippen LogP) is 2.06. The van der Waals surface area contributed by atoms with Gasteiger partial charge in [0.2, 0.25) is 20.8 Å². The highest BCUT2D eigenvalue weighted by atomic mass is 32.2. The fourth-order valence-electron chi connectivity index (χ4n) is 5.02. The zero-order chi connectivity index (χ0) is 27.7. The van der Waals surface area contributed by atoms with E-state index in [9.17, 15) is 18.0 Å². The van der Waals surface area contributed by atoms with E-state index in [1.807, 2.05) is 26.0 Å². The summed E-state index contributed by atoms with van der Waals surface area (Å²) in [4.78, 5) is 33.6. The molecular formula is C27H33N7O4S. The largest absolute Gasteiger partial charge is 0.369 e. The number of aromatic amines is 1. The van der Waals surface area contributed by atoms with Gasteiger partial charge in [-0.25, -0.2) is 18.1 Å². The van der Waals surface area contributed by atoms with E-state index in [1.54, 1.807) is 31.2 Å². The number of hydrogen-bond acceptors (Lipinski definition) is 8. The molecule has 39 heavy (non-hydrogen) atoms. The van der Waals surface area contributed by atoms with Gasteiger partial charge in [-0.3, -0.25) is 14.5 Å². The van der Waals surface area contributed by atoms with Crippen molar-refractivity contribution in [3.05, 3.63) is 57.9 Å². The lowest BCUT2D eigenvalue weighted by atomic mass is 10.2. The minimum Gasteiger partial charge on any atom is -0.369 e. The molecule has 11 nitrogen and oxygen atoms in total. The Kier molecular flexibility index (Phi) is 7.41. The van der Waals surface area contributed by atoms with Gasteiger partial charge in [0.1, 0.15) is 0 Å². The number of H-pyrrole nitrogens is 1.